The highest BCUT2D eigenvalue weighted by molar-refractivity contribution is 5.78. The molecule has 3 rings (SSSR count). The summed E-state index contributed by atoms with van der Waals surface area (Å²) < 4.78 is 13.1. The van der Waals surface area contributed by atoms with Crippen molar-refractivity contribution in [2.24, 2.45) is 7.05 Å². The molecule has 1 aliphatic heterocycles. The van der Waals surface area contributed by atoms with Crippen molar-refractivity contribution in [2.45, 2.75) is 45.6 Å². The van der Waals surface area contributed by atoms with Gasteiger partial charge in [0, 0.05) is 13.6 Å². The third-order valence-electron chi connectivity index (χ3n) is 4.73. The topological polar surface area (TPSA) is 60.5 Å². The van der Waals surface area contributed by atoms with Gasteiger partial charge in [0.2, 0.25) is 0 Å². The lowest BCUT2D eigenvalue weighted by Crippen LogP contribution is -2.38. The third kappa shape index (κ3) is 3.32. The number of carbonyl (C=O) groups is 1. The second-order valence-electron chi connectivity index (χ2n) is 6.38. The molecule has 2 aromatic heterocycles. The predicted molar refractivity (Wildman–Crippen MR) is 89.8 cm³/mol. The Morgan fingerprint density at radius 3 is 2.88 bits per heavy atom. The van der Waals surface area contributed by atoms with Crippen LogP contribution < -0.4 is 4.74 Å². The number of nitrogens with zero attached hydrogens (tertiary/aromatic N) is 3. The predicted octanol–water partition coefficient (Wildman–Crippen LogP) is 3.15. The van der Waals surface area contributed by atoms with Gasteiger partial charge >= 0.3 is 0 Å². The van der Waals surface area contributed by atoms with E-state index in [0.29, 0.717) is 5.75 Å². The van der Waals surface area contributed by atoms with Crippen LogP contribution in [0.2, 0.25) is 0 Å². The van der Waals surface area contributed by atoms with E-state index in [9.17, 15) is 4.79 Å². The van der Waals surface area contributed by atoms with Crippen molar-refractivity contribution in [3.63, 3.8) is 0 Å². The molecule has 0 aromatic carbocycles. The van der Waals surface area contributed by atoms with Crippen molar-refractivity contribution in [2.75, 3.05) is 13.2 Å². The summed E-state index contributed by atoms with van der Waals surface area (Å²) in [6, 6.07) is 3.84. The van der Waals surface area contributed by atoms with E-state index in [-0.39, 0.29) is 18.6 Å². The Bertz CT molecular complexity index is 691. The second-order valence-corrected chi connectivity index (χ2v) is 6.38. The average Bonchev–Trinajstić information content (AvgIpc) is 3.08. The molecule has 2 aromatic rings. The van der Waals surface area contributed by atoms with Crippen LogP contribution in [0.5, 0.6) is 5.75 Å². The van der Waals surface area contributed by atoms with Crippen LogP contribution >= 0.6 is 0 Å². The van der Waals surface area contributed by atoms with E-state index >= 15 is 0 Å². The lowest BCUT2D eigenvalue weighted by molar-refractivity contribution is -0.136. The van der Waals surface area contributed by atoms with Gasteiger partial charge < -0.3 is 14.1 Å². The SMILES string of the molecule is Cc1nn(C)c(C)c1OCC(=O)N1CCCCC[C@H]1c1ccco1. The van der Waals surface area contributed by atoms with Gasteiger partial charge in [-0.3, -0.25) is 9.48 Å². The summed E-state index contributed by atoms with van der Waals surface area (Å²) in [5.41, 5.74) is 1.74. The fourth-order valence-electron chi connectivity index (χ4n) is 3.36. The molecule has 0 radical (unpaired) electrons. The van der Waals surface area contributed by atoms with Crippen LogP contribution in [0.1, 0.15) is 48.9 Å². The number of carbonyl (C=O) groups excluding carboxylic acids is 1. The zero-order chi connectivity index (χ0) is 17.1. The Morgan fingerprint density at radius 1 is 1.38 bits per heavy atom. The normalized spacial score (nSPS) is 18.5. The zero-order valence-corrected chi connectivity index (χ0v) is 14.6. The van der Waals surface area contributed by atoms with Gasteiger partial charge in [-0.2, -0.15) is 5.10 Å². The van der Waals surface area contributed by atoms with Crippen LogP contribution in [0, 0.1) is 13.8 Å². The van der Waals surface area contributed by atoms with Crippen LogP contribution in [0.3, 0.4) is 0 Å². The number of likely N-dealkylation sites (tertiary alicyclic amines) is 1. The molecule has 1 saturated heterocycles. The molecular weight excluding hydrogens is 306 g/mol. The van der Waals surface area contributed by atoms with E-state index in [1.165, 1.54) is 0 Å². The van der Waals surface area contributed by atoms with E-state index in [2.05, 4.69) is 5.10 Å². The fourth-order valence-corrected chi connectivity index (χ4v) is 3.36. The number of rotatable bonds is 4. The van der Waals surface area contributed by atoms with Crippen molar-refractivity contribution in [3.8, 4) is 5.75 Å². The number of aromatic nitrogens is 2. The molecule has 6 heteroatoms. The highest BCUT2D eigenvalue weighted by Gasteiger charge is 2.29. The first-order valence-corrected chi connectivity index (χ1v) is 8.54. The van der Waals surface area contributed by atoms with Crippen LogP contribution in [0.4, 0.5) is 0 Å². The Kier molecular flexibility index (Phi) is 4.92. The lowest BCUT2D eigenvalue weighted by Gasteiger charge is -2.28. The van der Waals surface area contributed by atoms with Gasteiger partial charge in [0.15, 0.2) is 12.4 Å². The molecule has 130 valence electrons. The molecule has 0 aliphatic carbocycles. The Hall–Kier alpha value is -2.24. The first kappa shape index (κ1) is 16.6. The minimum Gasteiger partial charge on any atom is -0.480 e. The number of aryl methyl sites for hydroxylation is 2. The van der Waals surface area contributed by atoms with Crippen molar-refractivity contribution in [1.82, 2.24) is 14.7 Å². The lowest BCUT2D eigenvalue weighted by atomic mass is 10.1. The van der Waals surface area contributed by atoms with Crippen molar-refractivity contribution in [1.29, 1.82) is 0 Å². The van der Waals surface area contributed by atoms with Gasteiger partial charge in [-0.05, 0) is 38.8 Å². The Labute approximate surface area is 142 Å². The molecule has 1 atom stereocenters. The largest absolute Gasteiger partial charge is 0.480 e. The Balaban J connectivity index is 1.72. The van der Waals surface area contributed by atoms with E-state index in [1.807, 2.05) is 37.9 Å². The molecule has 0 bridgehead atoms. The summed E-state index contributed by atoms with van der Waals surface area (Å²) in [6.45, 7) is 4.62. The highest BCUT2D eigenvalue weighted by atomic mass is 16.5. The molecule has 3 heterocycles. The van der Waals surface area contributed by atoms with E-state index < -0.39 is 0 Å². The van der Waals surface area contributed by atoms with Crippen LogP contribution in [-0.2, 0) is 11.8 Å². The minimum atomic E-state index is 0.000882. The summed E-state index contributed by atoms with van der Waals surface area (Å²) >= 11 is 0. The highest BCUT2D eigenvalue weighted by Crippen LogP contribution is 2.30. The number of amides is 1. The monoisotopic (exact) mass is 331 g/mol. The van der Waals surface area contributed by atoms with Crippen LogP contribution in [-0.4, -0.2) is 33.7 Å². The number of furan rings is 1. The summed E-state index contributed by atoms with van der Waals surface area (Å²) in [5.74, 6) is 1.56. The molecule has 0 spiro atoms. The molecule has 1 aliphatic rings. The van der Waals surface area contributed by atoms with Crippen molar-refractivity contribution < 1.29 is 13.9 Å². The zero-order valence-electron chi connectivity index (χ0n) is 14.6. The summed E-state index contributed by atoms with van der Waals surface area (Å²) in [7, 11) is 1.87. The maximum Gasteiger partial charge on any atom is 0.261 e. The number of hydrogen-bond acceptors (Lipinski definition) is 4. The first-order valence-electron chi connectivity index (χ1n) is 8.54. The van der Waals surface area contributed by atoms with Crippen LogP contribution in [0.15, 0.2) is 22.8 Å². The average molecular weight is 331 g/mol. The van der Waals surface area contributed by atoms with Gasteiger partial charge in [-0.15, -0.1) is 0 Å². The Morgan fingerprint density at radius 2 is 2.21 bits per heavy atom. The summed E-state index contributed by atoms with van der Waals surface area (Å²) in [5, 5.41) is 4.32. The second kappa shape index (κ2) is 7.11. The van der Waals surface area contributed by atoms with Crippen LogP contribution in [0.25, 0.3) is 0 Å². The quantitative estimate of drug-likeness (QED) is 0.863. The van der Waals surface area contributed by atoms with Gasteiger partial charge in [0.25, 0.3) is 5.91 Å². The smallest absolute Gasteiger partial charge is 0.261 e. The molecular formula is C18H25N3O3. The molecule has 0 N–H and O–H groups in total. The van der Waals surface area contributed by atoms with E-state index in [1.54, 1.807) is 10.9 Å². The standard InChI is InChI=1S/C18H25N3O3/c1-13-18(14(2)20(3)19-13)24-12-17(22)21-10-6-4-5-8-15(21)16-9-7-11-23-16/h7,9,11,15H,4-6,8,10,12H2,1-3H3/t15-/m0/s1. The van der Waals surface area contributed by atoms with Gasteiger partial charge in [0.1, 0.15) is 11.5 Å². The summed E-state index contributed by atoms with van der Waals surface area (Å²) in [6.07, 6.45) is 5.87. The maximum absolute atomic E-state index is 12.8. The molecule has 0 saturated carbocycles. The van der Waals surface area contributed by atoms with Gasteiger partial charge in [-0.1, -0.05) is 12.8 Å². The third-order valence-corrected chi connectivity index (χ3v) is 4.73. The molecule has 24 heavy (non-hydrogen) atoms. The van der Waals surface area contributed by atoms with Crippen molar-refractivity contribution in [3.05, 3.63) is 35.5 Å². The molecule has 1 amide bonds. The molecule has 1 fully saturated rings. The van der Waals surface area contributed by atoms with Crippen molar-refractivity contribution >= 4 is 5.91 Å². The van der Waals surface area contributed by atoms with E-state index in [0.717, 1.165) is 49.4 Å². The maximum atomic E-state index is 12.8. The number of hydrogen-bond donors (Lipinski definition) is 0. The van der Waals surface area contributed by atoms with Gasteiger partial charge in [-0.25, -0.2) is 0 Å². The first-order chi connectivity index (χ1) is 11.6. The van der Waals surface area contributed by atoms with E-state index in [4.69, 9.17) is 9.15 Å². The fraction of sp³-hybridized carbons (Fsp3) is 0.556. The number of ether oxygens (including phenoxy) is 1. The minimum absolute atomic E-state index is 0.000882. The molecule has 0 unspecified atom stereocenters. The van der Waals surface area contributed by atoms with Gasteiger partial charge in [0.05, 0.1) is 18.0 Å². The summed E-state index contributed by atoms with van der Waals surface area (Å²) in [4.78, 5) is 14.7. The molecule has 6 nitrogen and oxygen atoms in total.